The Morgan fingerprint density at radius 1 is 1.03 bits per heavy atom. The van der Waals surface area contributed by atoms with Crippen LogP contribution in [0.1, 0.15) is 42.7 Å². The molecular formula is C25H29N3O3. The molecule has 0 radical (unpaired) electrons. The molecule has 1 fully saturated rings. The number of aryl methyl sites for hydroxylation is 2. The maximum Gasteiger partial charge on any atom is 0.343 e. The fourth-order valence-corrected chi connectivity index (χ4v) is 3.94. The van der Waals surface area contributed by atoms with Crippen LogP contribution in [-0.2, 0) is 0 Å². The van der Waals surface area contributed by atoms with Gasteiger partial charge in [0.05, 0.1) is 0 Å². The van der Waals surface area contributed by atoms with Crippen molar-refractivity contribution in [2.75, 3.05) is 19.6 Å². The van der Waals surface area contributed by atoms with E-state index in [0.29, 0.717) is 13.1 Å². The van der Waals surface area contributed by atoms with Crippen molar-refractivity contribution in [3.8, 4) is 22.6 Å². The standard InChI is InChI=1S/C25H29N3O3/c1-4-28(30)25(29)27-15-13-21(14-16-27)24-26-22(19-9-5-17(2)6-10-19)23(31-24)20-11-7-18(3)8-12-20/h5-12,21,30H,4,13-16H2,1-3H3. The van der Waals surface area contributed by atoms with E-state index in [1.165, 1.54) is 11.1 Å². The summed E-state index contributed by atoms with van der Waals surface area (Å²) in [7, 11) is 0. The van der Waals surface area contributed by atoms with Crippen molar-refractivity contribution in [1.29, 1.82) is 0 Å². The first kappa shape index (κ1) is 21.1. The van der Waals surface area contributed by atoms with Gasteiger partial charge in [-0.3, -0.25) is 5.21 Å². The zero-order chi connectivity index (χ0) is 22.0. The van der Waals surface area contributed by atoms with Crippen molar-refractivity contribution in [2.24, 2.45) is 0 Å². The fourth-order valence-electron chi connectivity index (χ4n) is 3.94. The highest BCUT2D eigenvalue weighted by Crippen LogP contribution is 2.37. The molecule has 6 nitrogen and oxygen atoms in total. The molecule has 6 heteroatoms. The van der Waals surface area contributed by atoms with Crippen molar-refractivity contribution >= 4 is 6.03 Å². The second kappa shape index (κ2) is 8.94. The molecule has 0 atom stereocenters. The minimum Gasteiger partial charge on any atom is -0.440 e. The quantitative estimate of drug-likeness (QED) is 0.439. The van der Waals surface area contributed by atoms with Crippen LogP contribution in [-0.4, -0.2) is 45.8 Å². The summed E-state index contributed by atoms with van der Waals surface area (Å²) in [5, 5.41) is 10.5. The lowest BCUT2D eigenvalue weighted by molar-refractivity contribution is -0.0543. The molecule has 2 aromatic carbocycles. The van der Waals surface area contributed by atoms with Crippen molar-refractivity contribution in [3.05, 3.63) is 65.5 Å². The molecule has 1 N–H and O–H groups in total. The fraction of sp³-hybridized carbons (Fsp3) is 0.360. The minimum absolute atomic E-state index is 0.140. The number of urea groups is 1. The Labute approximate surface area is 183 Å². The van der Waals surface area contributed by atoms with Crippen molar-refractivity contribution in [2.45, 2.75) is 39.5 Å². The van der Waals surface area contributed by atoms with Crippen LogP contribution in [0.5, 0.6) is 0 Å². The smallest absolute Gasteiger partial charge is 0.343 e. The molecule has 31 heavy (non-hydrogen) atoms. The van der Waals surface area contributed by atoms with Crippen molar-refractivity contribution in [3.63, 3.8) is 0 Å². The summed E-state index contributed by atoms with van der Waals surface area (Å²) >= 11 is 0. The van der Waals surface area contributed by atoms with Gasteiger partial charge in [-0.2, -0.15) is 0 Å². The largest absolute Gasteiger partial charge is 0.440 e. The number of rotatable bonds is 4. The molecule has 0 unspecified atom stereocenters. The number of aromatic nitrogens is 1. The first-order valence-corrected chi connectivity index (χ1v) is 10.9. The molecule has 0 bridgehead atoms. The minimum atomic E-state index is -0.339. The Morgan fingerprint density at radius 3 is 2.13 bits per heavy atom. The molecule has 3 aromatic rings. The van der Waals surface area contributed by atoms with E-state index in [-0.39, 0.29) is 18.5 Å². The molecule has 1 saturated heterocycles. The normalized spacial score (nSPS) is 14.6. The Hall–Kier alpha value is -3.12. The number of amides is 2. The van der Waals surface area contributed by atoms with Crippen LogP contribution in [0.25, 0.3) is 22.6 Å². The van der Waals surface area contributed by atoms with Crippen LogP contribution in [0.2, 0.25) is 0 Å². The molecule has 2 amide bonds. The maximum atomic E-state index is 12.2. The Kier molecular flexibility index (Phi) is 6.09. The van der Waals surface area contributed by atoms with Gasteiger partial charge in [0.1, 0.15) is 5.69 Å². The van der Waals surface area contributed by atoms with E-state index in [1.807, 2.05) is 0 Å². The summed E-state index contributed by atoms with van der Waals surface area (Å²) < 4.78 is 6.35. The van der Waals surface area contributed by atoms with Crippen LogP contribution >= 0.6 is 0 Å². The van der Waals surface area contributed by atoms with Crippen LogP contribution in [0.3, 0.4) is 0 Å². The van der Waals surface area contributed by atoms with E-state index in [9.17, 15) is 10.0 Å². The lowest BCUT2D eigenvalue weighted by Crippen LogP contribution is -2.45. The number of hydrogen-bond donors (Lipinski definition) is 1. The summed E-state index contributed by atoms with van der Waals surface area (Å²) in [6, 6.07) is 16.3. The number of likely N-dealkylation sites (tertiary alicyclic amines) is 1. The van der Waals surface area contributed by atoms with E-state index in [1.54, 1.807) is 11.8 Å². The van der Waals surface area contributed by atoms with Crippen LogP contribution < -0.4 is 0 Å². The van der Waals surface area contributed by atoms with Crippen LogP contribution in [0, 0.1) is 13.8 Å². The van der Waals surface area contributed by atoms with Crippen LogP contribution in [0.15, 0.2) is 52.9 Å². The van der Waals surface area contributed by atoms with Crippen molar-refractivity contribution in [1.82, 2.24) is 14.9 Å². The third-order valence-corrected chi connectivity index (χ3v) is 5.92. The van der Waals surface area contributed by atoms with Gasteiger partial charge in [0.15, 0.2) is 11.7 Å². The van der Waals surface area contributed by atoms with Gasteiger partial charge in [0.2, 0.25) is 0 Å². The van der Waals surface area contributed by atoms with E-state index in [0.717, 1.165) is 46.4 Å². The highest BCUT2D eigenvalue weighted by Gasteiger charge is 2.30. The second-order valence-electron chi connectivity index (χ2n) is 8.22. The summed E-state index contributed by atoms with van der Waals surface area (Å²) in [6.07, 6.45) is 1.51. The lowest BCUT2D eigenvalue weighted by atomic mass is 9.97. The number of hydroxylamine groups is 2. The summed E-state index contributed by atoms with van der Waals surface area (Å²) in [6.45, 7) is 7.30. The predicted octanol–water partition coefficient (Wildman–Crippen LogP) is 5.64. The number of piperidine rings is 1. The Bertz CT molecular complexity index is 970. The van der Waals surface area contributed by atoms with E-state index in [4.69, 9.17) is 9.40 Å². The molecule has 0 aliphatic carbocycles. The third kappa shape index (κ3) is 4.49. The number of hydrogen-bond acceptors (Lipinski definition) is 4. The first-order valence-electron chi connectivity index (χ1n) is 10.9. The van der Waals surface area contributed by atoms with Gasteiger partial charge in [-0.25, -0.2) is 14.8 Å². The molecular weight excluding hydrogens is 390 g/mol. The van der Waals surface area contributed by atoms with Gasteiger partial charge < -0.3 is 9.32 Å². The maximum absolute atomic E-state index is 12.2. The average molecular weight is 420 g/mol. The molecule has 4 rings (SSSR count). The highest BCUT2D eigenvalue weighted by molar-refractivity contribution is 5.77. The molecule has 1 aromatic heterocycles. The van der Waals surface area contributed by atoms with E-state index < -0.39 is 0 Å². The van der Waals surface area contributed by atoms with Gasteiger partial charge in [0.25, 0.3) is 0 Å². The molecule has 0 spiro atoms. The summed E-state index contributed by atoms with van der Waals surface area (Å²) in [5.74, 6) is 1.64. The lowest BCUT2D eigenvalue weighted by Gasteiger charge is -2.32. The number of oxazole rings is 1. The molecule has 162 valence electrons. The molecule has 1 aliphatic heterocycles. The average Bonchev–Trinajstić information content (AvgIpc) is 3.24. The molecule has 1 aliphatic rings. The van der Waals surface area contributed by atoms with Gasteiger partial charge in [0, 0.05) is 36.7 Å². The monoisotopic (exact) mass is 419 g/mol. The van der Waals surface area contributed by atoms with Gasteiger partial charge >= 0.3 is 6.03 Å². The third-order valence-electron chi connectivity index (χ3n) is 5.92. The number of carbonyl (C=O) groups is 1. The summed E-state index contributed by atoms with van der Waals surface area (Å²) in [5.41, 5.74) is 5.28. The van der Waals surface area contributed by atoms with Gasteiger partial charge in [-0.1, -0.05) is 59.7 Å². The van der Waals surface area contributed by atoms with Crippen LogP contribution in [0.4, 0.5) is 4.79 Å². The van der Waals surface area contributed by atoms with E-state index in [2.05, 4.69) is 62.4 Å². The first-order chi connectivity index (χ1) is 15.0. The topological polar surface area (TPSA) is 69.8 Å². The number of carbonyl (C=O) groups excluding carboxylic acids is 1. The second-order valence-corrected chi connectivity index (χ2v) is 8.22. The zero-order valence-electron chi connectivity index (χ0n) is 18.3. The van der Waals surface area contributed by atoms with Crippen molar-refractivity contribution < 1.29 is 14.4 Å². The number of benzene rings is 2. The summed E-state index contributed by atoms with van der Waals surface area (Å²) in [4.78, 5) is 18.8. The SMILES string of the molecule is CCN(O)C(=O)N1CCC(c2nc(-c3ccc(C)cc3)c(-c3ccc(C)cc3)o2)CC1. The zero-order valence-corrected chi connectivity index (χ0v) is 18.3. The van der Waals surface area contributed by atoms with E-state index >= 15 is 0 Å². The van der Waals surface area contributed by atoms with Gasteiger partial charge in [-0.05, 0) is 33.6 Å². The Balaban J connectivity index is 1.62. The Morgan fingerprint density at radius 2 is 1.58 bits per heavy atom. The number of nitrogens with zero attached hydrogens (tertiary/aromatic N) is 3. The van der Waals surface area contributed by atoms with Gasteiger partial charge in [-0.15, -0.1) is 0 Å². The molecule has 0 saturated carbocycles. The highest BCUT2D eigenvalue weighted by atomic mass is 16.5. The predicted molar refractivity (Wildman–Crippen MR) is 120 cm³/mol. The molecule has 2 heterocycles.